The fourth-order valence-electron chi connectivity index (χ4n) is 1.75. The van der Waals surface area contributed by atoms with Crippen molar-refractivity contribution in [2.75, 3.05) is 0 Å². The van der Waals surface area contributed by atoms with Crippen LogP contribution in [0.15, 0.2) is 33.9 Å². The molecule has 6 heteroatoms. The average Bonchev–Trinajstić information content (AvgIpc) is 2.36. The van der Waals surface area contributed by atoms with Gasteiger partial charge in [0.25, 0.3) is 5.56 Å². The van der Waals surface area contributed by atoms with E-state index >= 15 is 0 Å². The van der Waals surface area contributed by atoms with Gasteiger partial charge in [0.2, 0.25) is 0 Å². The molecule has 2 aromatic rings. The van der Waals surface area contributed by atoms with E-state index < -0.39 is 0 Å². The van der Waals surface area contributed by atoms with Crippen LogP contribution in [0.1, 0.15) is 11.3 Å². The molecule has 4 nitrogen and oxygen atoms in total. The number of hydrogen-bond donors (Lipinski definition) is 0. The van der Waals surface area contributed by atoms with Crippen molar-refractivity contribution < 1.29 is 0 Å². The molecule has 100 valence electrons. The summed E-state index contributed by atoms with van der Waals surface area (Å²) in [5, 5.41) is 0.839. The molecule has 0 N–H and O–H groups in total. The first-order valence-electron chi connectivity index (χ1n) is 5.61. The Labute approximate surface area is 119 Å². The van der Waals surface area contributed by atoms with E-state index in [2.05, 4.69) is 0 Å². The van der Waals surface area contributed by atoms with E-state index in [4.69, 9.17) is 23.2 Å². The minimum atomic E-state index is -0.351. The molecule has 1 aromatic carbocycles. The summed E-state index contributed by atoms with van der Waals surface area (Å²) in [6.07, 6.45) is 0. The third kappa shape index (κ3) is 2.74. The number of hydrogen-bond acceptors (Lipinski definition) is 2. The van der Waals surface area contributed by atoms with Gasteiger partial charge < -0.3 is 4.57 Å². The van der Waals surface area contributed by atoms with Crippen LogP contribution >= 0.6 is 23.2 Å². The first-order chi connectivity index (χ1) is 8.90. The maximum Gasteiger partial charge on any atom is 0.331 e. The zero-order chi connectivity index (χ0) is 14.2. The van der Waals surface area contributed by atoms with Crippen LogP contribution in [0.3, 0.4) is 0 Å². The molecule has 0 fully saturated rings. The summed E-state index contributed by atoms with van der Waals surface area (Å²) in [6, 6.07) is 6.46. The average molecular weight is 299 g/mol. The third-order valence-corrected chi connectivity index (χ3v) is 3.71. The zero-order valence-electron chi connectivity index (χ0n) is 10.5. The highest BCUT2D eigenvalue weighted by atomic mass is 35.5. The van der Waals surface area contributed by atoms with Crippen LogP contribution in [0.25, 0.3) is 0 Å². The molecular formula is C13H12Cl2N2O2. The number of aryl methyl sites for hydroxylation is 1. The third-order valence-electron chi connectivity index (χ3n) is 2.97. The summed E-state index contributed by atoms with van der Waals surface area (Å²) < 4.78 is 2.59. The van der Waals surface area contributed by atoms with Gasteiger partial charge in [-0.1, -0.05) is 29.3 Å². The second kappa shape index (κ2) is 5.23. The predicted molar refractivity (Wildman–Crippen MR) is 76.2 cm³/mol. The summed E-state index contributed by atoms with van der Waals surface area (Å²) in [5.74, 6) is 0. The predicted octanol–water partition coefficient (Wildman–Crippen LogP) is 2.21. The molecule has 0 atom stereocenters. The largest absolute Gasteiger partial charge is 0.331 e. The van der Waals surface area contributed by atoms with Crippen molar-refractivity contribution in [3.8, 4) is 0 Å². The van der Waals surface area contributed by atoms with Crippen LogP contribution in [-0.2, 0) is 13.6 Å². The van der Waals surface area contributed by atoms with Crippen molar-refractivity contribution in [1.82, 2.24) is 9.13 Å². The van der Waals surface area contributed by atoms with Crippen molar-refractivity contribution in [3.05, 3.63) is 66.4 Å². The molecule has 0 spiro atoms. The molecule has 19 heavy (non-hydrogen) atoms. The smallest absolute Gasteiger partial charge is 0.301 e. The van der Waals surface area contributed by atoms with E-state index in [1.165, 1.54) is 10.6 Å². The van der Waals surface area contributed by atoms with Gasteiger partial charge >= 0.3 is 5.69 Å². The summed E-state index contributed by atoms with van der Waals surface area (Å²) in [5.41, 5.74) is 0.695. The van der Waals surface area contributed by atoms with Crippen molar-refractivity contribution in [1.29, 1.82) is 0 Å². The Morgan fingerprint density at radius 2 is 1.79 bits per heavy atom. The Morgan fingerprint density at radius 3 is 2.42 bits per heavy atom. The minimum absolute atomic E-state index is 0.169. The van der Waals surface area contributed by atoms with Gasteiger partial charge in [-0.25, -0.2) is 4.79 Å². The van der Waals surface area contributed by atoms with Crippen LogP contribution in [0.4, 0.5) is 0 Å². The van der Waals surface area contributed by atoms with Crippen LogP contribution in [0, 0.1) is 6.92 Å². The normalized spacial score (nSPS) is 10.7. The fourth-order valence-corrected chi connectivity index (χ4v) is 2.07. The van der Waals surface area contributed by atoms with Gasteiger partial charge in [-0.15, -0.1) is 0 Å². The fraction of sp³-hybridized carbons (Fsp3) is 0.231. The van der Waals surface area contributed by atoms with E-state index in [9.17, 15) is 9.59 Å². The van der Waals surface area contributed by atoms with E-state index in [0.29, 0.717) is 15.7 Å². The Balaban J connectivity index is 2.50. The topological polar surface area (TPSA) is 44.0 Å². The lowest BCUT2D eigenvalue weighted by Crippen LogP contribution is -2.39. The highest BCUT2D eigenvalue weighted by Crippen LogP contribution is 2.22. The van der Waals surface area contributed by atoms with Gasteiger partial charge in [0, 0.05) is 18.8 Å². The highest BCUT2D eigenvalue weighted by Gasteiger charge is 2.07. The van der Waals surface area contributed by atoms with Crippen molar-refractivity contribution in [3.63, 3.8) is 0 Å². The maximum atomic E-state index is 12.0. The van der Waals surface area contributed by atoms with E-state index in [0.717, 1.165) is 10.1 Å². The molecule has 0 amide bonds. The first kappa shape index (κ1) is 13.9. The highest BCUT2D eigenvalue weighted by molar-refractivity contribution is 6.42. The van der Waals surface area contributed by atoms with E-state index in [-0.39, 0.29) is 17.8 Å². The molecule has 1 aromatic heterocycles. The second-order valence-corrected chi connectivity index (χ2v) is 5.11. The summed E-state index contributed by atoms with van der Waals surface area (Å²) >= 11 is 11.7. The van der Waals surface area contributed by atoms with Gasteiger partial charge in [-0.3, -0.25) is 9.36 Å². The number of halogens is 2. The number of nitrogens with zero attached hydrogens (tertiary/aromatic N) is 2. The first-order valence-corrected chi connectivity index (χ1v) is 6.37. The Bertz CT molecular complexity index is 747. The van der Waals surface area contributed by atoms with Crippen LogP contribution in [-0.4, -0.2) is 9.13 Å². The number of aromatic nitrogens is 2. The Hall–Kier alpha value is -1.52. The van der Waals surface area contributed by atoms with Crippen LogP contribution < -0.4 is 11.2 Å². The molecule has 0 aliphatic rings. The molecule has 0 unspecified atom stereocenters. The van der Waals surface area contributed by atoms with E-state index in [1.807, 2.05) is 0 Å². The van der Waals surface area contributed by atoms with Crippen LogP contribution in [0.5, 0.6) is 0 Å². The second-order valence-electron chi connectivity index (χ2n) is 4.30. The monoisotopic (exact) mass is 298 g/mol. The Morgan fingerprint density at radius 1 is 1.11 bits per heavy atom. The molecular weight excluding hydrogens is 287 g/mol. The van der Waals surface area contributed by atoms with Gasteiger partial charge in [-0.05, 0) is 24.6 Å². The van der Waals surface area contributed by atoms with Gasteiger partial charge in [0.1, 0.15) is 0 Å². The molecule has 0 saturated heterocycles. The zero-order valence-corrected chi connectivity index (χ0v) is 12.0. The molecule has 0 aliphatic heterocycles. The quantitative estimate of drug-likeness (QED) is 0.853. The Kier molecular flexibility index (Phi) is 3.83. The maximum absolute atomic E-state index is 12.0. The lowest BCUT2D eigenvalue weighted by atomic mass is 10.2. The van der Waals surface area contributed by atoms with Gasteiger partial charge in [-0.2, -0.15) is 0 Å². The summed E-state index contributed by atoms with van der Waals surface area (Å²) in [7, 11) is 1.63. The minimum Gasteiger partial charge on any atom is -0.301 e. The molecule has 0 saturated carbocycles. The SMILES string of the molecule is Cc1cc(=O)n(Cc2ccc(Cl)c(Cl)c2)c(=O)n1C. The van der Waals surface area contributed by atoms with Gasteiger partial charge in [0.15, 0.2) is 0 Å². The van der Waals surface area contributed by atoms with E-state index in [1.54, 1.807) is 32.2 Å². The summed E-state index contributed by atoms with van der Waals surface area (Å²) in [6.45, 7) is 1.88. The van der Waals surface area contributed by atoms with Gasteiger partial charge in [0.05, 0.1) is 16.6 Å². The standard InChI is InChI=1S/C13H12Cl2N2O2/c1-8-5-12(18)17(13(19)16(8)2)7-9-3-4-10(14)11(15)6-9/h3-6H,7H2,1-2H3. The molecule has 2 rings (SSSR count). The number of benzene rings is 1. The van der Waals surface area contributed by atoms with Crippen molar-refractivity contribution in [2.24, 2.45) is 7.05 Å². The van der Waals surface area contributed by atoms with Crippen molar-refractivity contribution >= 4 is 23.2 Å². The molecule has 0 aliphatic carbocycles. The molecule has 1 heterocycles. The lowest BCUT2D eigenvalue weighted by Gasteiger charge is -2.09. The number of rotatable bonds is 2. The van der Waals surface area contributed by atoms with Crippen LogP contribution in [0.2, 0.25) is 10.0 Å². The lowest BCUT2D eigenvalue weighted by molar-refractivity contribution is 0.627. The molecule has 0 radical (unpaired) electrons. The summed E-state index contributed by atoms with van der Waals surface area (Å²) in [4.78, 5) is 23.9. The van der Waals surface area contributed by atoms with Crippen molar-refractivity contribution in [2.45, 2.75) is 13.5 Å². The molecule has 0 bridgehead atoms.